The molecule has 0 aliphatic carbocycles. The third kappa shape index (κ3) is 4.92. The van der Waals surface area contributed by atoms with Gasteiger partial charge in [-0.1, -0.05) is 12.1 Å². The highest BCUT2D eigenvalue weighted by Crippen LogP contribution is 2.22. The lowest BCUT2D eigenvalue weighted by atomic mass is 10.2. The topological polar surface area (TPSA) is 93.6 Å². The van der Waals surface area contributed by atoms with E-state index in [9.17, 15) is 18.0 Å². The van der Waals surface area contributed by atoms with Crippen LogP contribution in [0.1, 0.15) is 18.4 Å². The van der Waals surface area contributed by atoms with Gasteiger partial charge in [-0.2, -0.15) is 0 Å². The highest BCUT2D eigenvalue weighted by Gasteiger charge is 2.34. The van der Waals surface area contributed by atoms with Crippen LogP contribution in [0.2, 0.25) is 0 Å². The second-order valence-corrected chi connectivity index (χ2v) is 9.49. The number of rotatable bonds is 6. The summed E-state index contributed by atoms with van der Waals surface area (Å²) in [4.78, 5) is 30.0. The van der Waals surface area contributed by atoms with E-state index in [0.717, 1.165) is 10.2 Å². The summed E-state index contributed by atoms with van der Waals surface area (Å²) in [7, 11) is -3.08. The van der Waals surface area contributed by atoms with Crippen LogP contribution in [0.25, 0.3) is 16.3 Å². The Labute approximate surface area is 161 Å². The lowest BCUT2D eigenvalue weighted by Gasteiger charge is -2.26. The Morgan fingerprint density at radius 3 is 2.81 bits per heavy atom. The number of carbonyl (C=O) groups excluding carboxylic acids is 2. The Kier molecular flexibility index (Phi) is 5.91. The maximum absolute atomic E-state index is 12.3. The predicted molar refractivity (Wildman–Crippen MR) is 104 cm³/mol. The first-order chi connectivity index (χ1) is 12.9. The summed E-state index contributed by atoms with van der Waals surface area (Å²) in [5, 5.41) is 0.672. The van der Waals surface area contributed by atoms with Crippen molar-refractivity contribution in [1.29, 1.82) is 0 Å². The average molecular weight is 409 g/mol. The third-order valence-corrected chi connectivity index (χ3v) is 7.07. The van der Waals surface area contributed by atoms with Crippen LogP contribution in [0, 0.1) is 0 Å². The molecule has 7 nitrogen and oxygen atoms in total. The molecule has 1 amide bonds. The van der Waals surface area contributed by atoms with Crippen molar-refractivity contribution in [2.45, 2.75) is 19.4 Å². The predicted octanol–water partition coefficient (Wildman–Crippen LogP) is 1.89. The molecular weight excluding hydrogens is 388 g/mol. The summed E-state index contributed by atoms with van der Waals surface area (Å²) in [5.41, 5.74) is 0.857. The molecule has 1 aromatic heterocycles. The van der Waals surface area contributed by atoms with Gasteiger partial charge in [-0.15, -0.1) is 11.3 Å². The molecule has 1 aliphatic rings. The zero-order chi connectivity index (χ0) is 19.4. The quantitative estimate of drug-likeness (QED) is 0.535. The van der Waals surface area contributed by atoms with Crippen molar-refractivity contribution in [3.8, 4) is 0 Å². The molecule has 0 unspecified atom stereocenters. The van der Waals surface area contributed by atoms with E-state index in [-0.39, 0.29) is 23.5 Å². The first-order valence-electron chi connectivity index (χ1n) is 8.58. The molecule has 0 spiro atoms. The number of aromatic nitrogens is 1. The van der Waals surface area contributed by atoms with E-state index in [1.165, 1.54) is 22.3 Å². The number of nitrogens with zero attached hydrogens (tertiary/aromatic N) is 2. The lowest BCUT2D eigenvalue weighted by molar-refractivity contribution is -0.149. The van der Waals surface area contributed by atoms with Crippen LogP contribution in [-0.4, -0.2) is 60.9 Å². The Hall–Kier alpha value is -2.26. The summed E-state index contributed by atoms with van der Waals surface area (Å²) in [6.07, 6.45) is 3.22. The van der Waals surface area contributed by atoms with Gasteiger partial charge in [-0.05, 0) is 31.6 Å². The molecular formula is C18H20N2O5S2. The minimum Gasteiger partial charge on any atom is -0.452 e. The van der Waals surface area contributed by atoms with Crippen LogP contribution in [0.5, 0.6) is 0 Å². The van der Waals surface area contributed by atoms with Crippen molar-refractivity contribution in [3.05, 3.63) is 35.3 Å². The van der Waals surface area contributed by atoms with Crippen LogP contribution in [-0.2, 0) is 24.2 Å². The molecule has 1 fully saturated rings. The van der Waals surface area contributed by atoms with E-state index in [2.05, 4.69) is 4.98 Å². The van der Waals surface area contributed by atoms with Crippen LogP contribution >= 0.6 is 11.3 Å². The van der Waals surface area contributed by atoms with Gasteiger partial charge in [-0.3, -0.25) is 4.79 Å². The molecule has 27 heavy (non-hydrogen) atoms. The Morgan fingerprint density at radius 1 is 1.37 bits per heavy atom. The Balaban J connectivity index is 1.53. The summed E-state index contributed by atoms with van der Waals surface area (Å²) < 4.78 is 29.2. The smallest absolute Gasteiger partial charge is 0.331 e. The van der Waals surface area contributed by atoms with Gasteiger partial charge < -0.3 is 9.64 Å². The first kappa shape index (κ1) is 19.5. The van der Waals surface area contributed by atoms with Crippen molar-refractivity contribution < 1.29 is 22.7 Å². The molecule has 0 radical (unpaired) electrons. The molecule has 9 heteroatoms. The van der Waals surface area contributed by atoms with Gasteiger partial charge in [-0.25, -0.2) is 18.2 Å². The van der Waals surface area contributed by atoms with Crippen molar-refractivity contribution in [2.24, 2.45) is 0 Å². The molecule has 0 bridgehead atoms. The fourth-order valence-corrected chi connectivity index (χ4v) is 5.62. The van der Waals surface area contributed by atoms with Crippen LogP contribution in [0.4, 0.5) is 0 Å². The van der Waals surface area contributed by atoms with E-state index in [1.807, 2.05) is 24.3 Å². The largest absolute Gasteiger partial charge is 0.452 e. The highest BCUT2D eigenvalue weighted by atomic mass is 32.2. The van der Waals surface area contributed by atoms with Gasteiger partial charge >= 0.3 is 5.97 Å². The van der Waals surface area contributed by atoms with Crippen molar-refractivity contribution in [1.82, 2.24) is 9.88 Å². The summed E-state index contributed by atoms with van der Waals surface area (Å²) in [5.74, 6) is -0.969. The van der Waals surface area contributed by atoms with Crippen molar-refractivity contribution in [3.63, 3.8) is 0 Å². The Morgan fingerprint density at radius 2 is 2.15 bits per heavy atom. The molecule has 1 atom stereocenters. The summed E-state index contributed by atoms with van der Waals surface area (Å²) in [6, 6.07) is 7.31. The maximum atomic E-state index is 12.3. The maximum Gasteiger partial charge on any atom is 0.331 e. The Bertz CT molecular complexity index is 948. The van der Waals surface area contributed by atoms with E-state index in [4.69, 9.17) is 4.74 Å². The number of hydrogen-bond donors (Lipinski definition) is 0. The number of ether oxygens (including phenoxy) is 1. The van der Waals surface area contributed by atoms with E-state index in [0.29, 0.717) is 18.0 Å². The molecule has 1 aromatic carbocycles. The molecule has 1 saturated heterocycles. The van der Waals surface area contributed by atoms with Gasteiger partial charge in [0.15, 0.2) is 16.4 Å². The third-order valence-electron chi connectivity index (χ3n) is 4.32. The molecule has 2 aromatic rings. The number of hydrogen-bond acceptors (Lipinski definition) is 7. The van der Waals surface area contributed by atoms with E-state index < -0.39 is 22.4 Å². The lowest BCUT2D eigenvalue weighted by Crippen LogP contribution is -2.43. The zero-order valence-electron chi connectivity index (χ0n) is 14.8. The van der Waals surface area contributed by atoms with Crippen molar-refractivity contribution >= 4 is 49.3 Å². The second-order valence-electron chi connectivity index (χ2n) is 6.20. The second kappa shape index (κ2) is 8.18. The normalized spacial score (nSPS) is 18.8. The van der Waals surface area contributed by atoms with Gasteiger partial charge in [0.2, 0.25) is 0 Å². The minimum absolute atomic E-state index is 0.0297. The number of sulfone groups is 1. The number of carbonyl (C=O) groups is 2. The van der Waals surface area contributed by atoms with E-state index >= 15 is 0 Å². The summed E-state index contributed by atoms with van der Waals surface area (Å²) in [6.45, 7) is 1.74. The van der Waals surface area contributed by atoms with Crippen LogP contribution < -0.4 is 0 Å². The van der Waals surface area contributed by atoms with Gasteiger partial charge in [0.05, 0.1) is 21.7 Å². The fraction of sp³-hybridized carbons (Fsp3) is 0.389. The number of thiazole rings is 1. The van der Waals surface area contributed by atoms with Crippen LogP contribution in [0.3, 0.4) is 0 Å². The highest BCUT2D eigenvalue weighted by molar-refractivity contribution is 7.91. The molecule has 0 N–H and O–H groups in total. The first-order valence-corrected chi connectivity index (χ1v) is 11.2. The molecule has 0 saturated carbocycles. The molecule has 3 rings (SSSR count). The van der Waals surface area contributed by atoms with Crippen LogP contribution in [0.15, 0.2) is 30.3 Å². The number of amides is 1. The SMILES string of the molecule is CCN(C(=O)COC(=O)/C=C/c1nc2ccccc2s1)[C@@H]1CCS(=O)(=O)C1. The number of benzene rings is 1. The fourth-order valence-electron chi connectivity index (χ4n) is 3.02. The number of likely N-dealkylation sites (N-methyl/N-ethyl adjacent to an activating group) is 1. The summed E-state index contributed by atoms with van der Waals surface area (Å²) >= 11 is 1.45. The van der Waals surface area contributed by atoms with Gasteiger partial charge in [0.1, 0.15) is 5.01 Å². The minimum atomic E-state index is -3.08. The van der Waals surface area contributed by atoms with Gasteiger partial charge in [0.25, 0.3) is 5.91 Å². The molecule has 1 aliphatic heterocycles. The number of esters is 1. The average Bonchev–Trinajstić information content (AvgIpc) is 3.21. The number of fused-ring (bicyclic) bond motifs is 1. The van der Waals surface area contributed by atoms with E-state index in [1.54, 1.807) is 13.0 Å². The monoisotopic (exact) mass is 408 g/mol. The van der Waals surface area contributed by atoms with Gasteiger partial charge in [0, 0.05) is 18.7 Å². The zero-order valence-corrected chi connectivity index (χ0v) is 16.5. The standard InChI is InChI=1S/C18H20N2O5S2/c1-2-20(13-9-10-27(23,24)12-13)17(21)11-25-18(22)8-7-16-19-14-5-3-4-6-15(14)26-16/h3-8,13H,2,9-12H2,1H3/b8-7+/t13-/m1/s1. The van der Waals surface area contributed by atoms with Crippen molar-refractivity contribution in [2.75, 3.05) is 24.7 Å². The molecule has 2 heterocycles. The molecule has 144 valence electrons. The number of para-hydroxylation sites is 1.